The Labute approximate surface area is 112 Å². The van der Waals surface area contributed by atoms with E-state index in [2.05, 4.69) is 0 Å². The van der Waals surface area contributed by atoms with Gasteiger partial charge in [-0.1, -0.05) is 12.1 Å². The molecule has 0 N–H and O–H groups in total. The van der Waals surface area contributed by atoms with E-state index in [-0.39, 0.29) is 35.7 Å². The van der Waals surface area contributed by atoms with Crippen molar-refractivity contribution in [2.45, 2.75) is 18.9 Å². The number of hydrogen-bond acceptors (Lipinski definition) is 3. The van der Waals surface area contributed by atoms with Gasteiger partial charge in [-0.15, -0.1) is 0 Å². The molecule has 1 heterocycles. The van der Waals surface area contributed by atoms with Crippen LogP contribution in [0, 0.1) is 5.82 Å². The molecule has 0 radical (unpaired) electrons. The highest BCUT2D eigenvalue weighted by Gasteiger charge is 2.32. The molecule has 0 spiro atoms. The van der Waals surface area contributed by atoms with E-state index in [1.165, 1.54) is 17.0 Å². The van der Waals surface area contributed by atoms with Crippen molar-refractivity contribution in [1.82, 2.24) is 4.90 Å². The maximum atomic E-state index is 13.0. The number of nitrogens with zero attached hydrogens (tertiary/aromatic N) is 1. The quantitative estimate of drug-likeness (QED) is 0.833. The number of amides is 1. The summed E-state index contributed by atoms with van der Waals surface area (Å²) in [5.41, 5.74) is 0.595. The second-order valence-corrected chi connectivity index (χ2v) is 7.10. The first-order valence-corrected chi connectivity index (χ1v) is 7.90. The number of carbonyl (C=O) groups is 1. The Morgan fingerprint density at radius 1 is 1.47 bits per heavy atom. The molecule has 1 aromatic carbocycles. The van der Waals surface area contributed by atoms with E-state index < -0.39 is 9.84 Å². The molecule has 6 heteroatoms. The Bertz CT molecular complexity index is 585. The van der Waals surface area contributed by atoms with Crippen LogP contribution in [0.1, 0.15) is 12.0 Å². The van der Waals surface area contributed by atoms with Crippen molar-refractivity contribution in [1.29, 1.82) is 0 Å². The van der Waals surface area contributed by atoms with E-state index in [0.29, 0.717) is 12.0 Å². The molecule has 4 nitrogen and oxygen atoms in total. The van der Waals surface area contributed by atoms with Crippen molar-refractivity contribution in [2.75, 3.05) is 18.6 Å². The molecule has 2 rings (SSSR count). The van der Waals surface area contributed by atoms with Crippen LogP contribution in [0.25, 0.3) is 0 Å². The number of carbonyl (C=O) groups excluding carboxylic acids is 1. The number of likely N-dealkylation sites (N-methyl/N-ethyl adjacent to an activating group) is 1. The van der Waals surface area contributed by atoms with E-state index in [9.17, 15) is 17.6 Å². The minimum absolute atomic E-state index is 0.0262. The molecule has 1 aliphatic rings. The lowest BCUT2D eigenvalue weighted by Crippen LogP contribution is -2.38. The monoisotopic (exact) mass is 285 g/mol. The lowest BCUT2D eigenvalue weighted by Gasteiger charge is -2.23. The zero-order chi connectivity index (χ0) is 14.0. The Balaban J connectivity index is 2.00. The van der Waals surface area contributed by atoms with Gasteiger partial charge in [-0.2, -0.15) is 0 Å². The number of rotatable bonds is 3. The first-order chi connectivity index (χ1) is 8.87. The average Bonchev–Trinajstić information content (AvgIpc) is 2.68. The highest BCUT2D eigenvalue weighted by atomic mass is 32.2. The van der Waals surface area contributed by atoms with E-state index in [4.69, 9.17) is 0 Å². The van der Waals surface area contributed by atoms with E-state index in [1.807, 2.05) is 0 Å². The molecule has 1 aromatic rings. The van der Waals surface area contributed by atoms with Crippen LogP contribution in [0.4, 0.5) is 4.39 Å². The van der Waals surface area contributed by atoms with Crippen molar-refractivity contribution >= 4 is 15.7 Å². The maximum absolute atomic E-state index is 13.0. The summed E-state index contributed by atoms with van der Waals surface area (Å²) in [5.74, 6) is -0.405. The number of halogens is 1. The number of benzene rings is 1. The molecular weight excluding hydrogens is 269 g/mol. The molecule has 0 bridgehead atoms. The molecule has 1 amide bonds. The van der Waals surface area contributed by atoms with Crippen LogP contribution in [0.5, 0.6) is 0 Å². The maximum Gasteiger partial charge on any atom is 0.227 e. The summed E-state index contributed by atoms with van der Waals surface area (Å²) in [6, 6.07) is 5.61. The van der Waals surface area contributed by atoms with E-state index in [1.54, 1.807) is 19.2 Å². The molecular formula is C13H16FNO3S. The predicted molar refractivity (Wildman–Crippen MR) is 69.9 cm³/mol. The van der Waals surface area contributed by atoms with E-state index in [0.717, 1.165) is 0 Å². The predicted octanol–water partition coefficient (Wildman–Crippen LogP) is 1.01. The standard InChI is InChI=1S/C13H16FNO3S/c1-15(12-5-6-19(17,18)9-12)13(16)8-10-3-2-4-11(14)7-10/h2-4,7,12H,5-6,8-9H2,1H3. The summed E-state index contributed by atoms with van der Waals surface area (Å²) in [5, 5.41) is 0. The number of sulfone groups is 1. The third-order valence-electron chi connectivity index (χ3n) is 3.39. The highest BCUT2D eigenvalue weighted by molar-refractivity contribution is 7.91. The Morgan fingerprint density at radius 3 is 2.79 bits per heavy atom. The van der Waals surface area contributed by atoms with Crippen LogP contribution in [-0.2, 0) is 21.1 Å². The minimum Gasteiger partial charge on any atom is -0.341 e. The summed E-state index contributed by atoms with van der Waals surface area (Å²) >= 11 is 0. The van der Waals surface area contributed by atoms with Crippen LogP contribution < -0.4 is 0 Å². The largest absolute Gasteiger partial charge is 0.341 e. The van der Waals surface area contributed by atoms with Crippen LogP contribution in [-0.4, -0.2) is 43.8 Å². The fourth-order valence-electron chi connectivity index (χ4n) is 2.23. The average molecular weight is 285 g/mol. The van der Waals surface area contributed by atoms with Gasteiger partial charge in [-0.3, -0.25) is 4.79 Å². The summed E-state index contributed by atoms with van der Waals surface area (Å²) in [4.78, 5) is 13.5. The molecule has 1 fully saturated rings. The van der Waals surface area contributed by atoms with Gasteiger partial charge < -0.3 is 4.90 Å². The van der Waals surface area contributed by atoms with Gasteiger partial charge in [-0.05, 0) is 24.1 Å². The fraction of sp³-hybridized carbons (Fsp3) is 0.462. The van der Waals surface area contributed by atoms with Crippen molar-refractivity contribution in [3.05, 3.63) is 35.6 Å². The molecule has 1 aliphatic heterocycles. The van der Waals surface area contributed by atoms with Crippen molar-refractivity contribution < 1.29 is 17.6 Å². The van der Waals surface area contributed by atoms with Crippen LogP contribution >= 0.6 is 0 Å². The third kappa shape index (κ3) is 3.53. The van der Waals surface area contributed by atoms with Gasteiger partial charge >= 0.3 is 0 Å². The van der Waals surface area contributed by atoms with Gasteiger partial charge in [0.15, 0.2) is 9.84 Å². The minimum atomic E-state index is -3.01. The van der Waals surface area contributed by atoms with Gasteiger partial charge in [0.2, 0.25) is 5.91 Å². The molecule has 1 unspecified atom stereocenters. The second-order valence-electron chi connectivity index (χ2n) is 4.87. The number of hydrogen-bond donors (Lipinski definition) is 0. The second kappa shape index (κ2) is 5.28. The van der Waals surface area contributed by atoms with Crippen LogP contribution in [0.15, 0.2) is 24.3 Å². The normalized spacial score (nSPS) is 21.3. The molecule has 19 heavy (non-hydrogen) atoms. The molecule has 0 aliphatic carbocycles. The van der Waals surface area contributed by atoms with Crippen molar-refractivity contribution in [2.24, 2.45) is 0 Å². The topological polar surface area (TPSA) is 54.5 Å². The first kappa shape index (κ1) is 14.0. The van der Waals surface area contributed by atoms with Gasteiger partial charge in [0, 0.05) is 13.1 Å². The molecule has 104 valence electrons. The highest BCUT2D eigenvalue weighted by Crippen LogP contribution is 2.17. The van der Waals surface area contributed by atoms with Crippen LogP contribution in [0.2, 0.25) is 0 Å². The zero-order valence-corrected chi connectivity index (χ0v) is 11.5. The molecule has 1 atom stereocenters. The Hall–Kier alpha value is -1.43. The van der Waals surface area contributed by atoms with Crippen molar-refractivity contribution in [3.8, 4) is 0 Å². The zero-order valence-electron chi connectivity index (χ0n) is 10.7. The molecule has 0 aromatic heterocycles. The van der Waals surface area contributed by atoms with Crippen LogP contribution in [0.3, 0.4) is 0 Å². The first-order valence-electron chi connectivity index (χ1n) is 6.08. The summed E-state index contributed by atoms with van der Waals surface area (Å²) in [6.45, 7) is 0. The summed E-state index contributed by atoms with van der Waals surface area (Å²) in [7, 11) is -1.40. The van der Waals surface area contributed by atoms with Gasteiger partial charge in [0.05, 0.1) is 17.9 Å². The van der Waals surface area contributed by atoms with Gasteiger partial charge in [0.25, 0.3) is 0 Å². The fourth-order valence-corrected chi connectivity index (χ4v) is 4.01. The molecule has 1 saturated heterocycles. The smallest absolute Gasteiger partial charge is 0.227 e. The van der Waals surface area contributed by atoms with Crippen molar-refractivity contribution in [3.63, 3.8) is 0 Å². The SMILES string of the molecule is CN(C(=O)Cc1cccc(F)c1)C1CCS(=O)(=O)C1. The Kier molecular flexibility index (Phi) is 3.89. The van der Waals surface area contributed by atoms with Gasteiger partial charge in [-0.25, -0.2) is 12.8 Å². The lowest BCUT2D eigenvalue weighted by atomic mass is 10.1. The van der Waals surface area contributed by atoms with E-state index >= 15 is 0 Å². The third-order valence-corrected chi connectivity index (χ3v) is 5.14. The van der Waals surface area contributed by atoms with Gasteiger partial charge in [0.1, 0.15) is 5.82 Å². The molecule has 0 saturated carbocycles. The lowest BCUT2D eigenvalue weighted by molar-refractivity contribution is -0.130. The summed E-state index contributed by atoms with van der Waals surface area (Å²) < 4.78 is 35.8. The summed E-state index contributed by atoms with van der Waals surface area (Å²) in [6.07, 6.45) is 0.568. The Morgan fingerprint density at radius 2 is 2.21 bits per heavy atom.